The van der Waals surface area contributed by atoms with E-state index in [9.17, 15) is 9.59 Å². The second-order valence-electron chi connectivity index (χ2n) is 5.93. The Morgan fingerprint density at radius 3 is 2.46 bits per heavy atom. The number of allylic oxidation sites excluding steroid dienone is 2. The van der Waals surface area contributed by atoms with Crippen LogP contribution in [0, 0.1) is 0 Å². The summed E-state index contributed by atoms with van der Waals surface area (Å²) in [5, 5.41) is 4.26. The molecule has 0 saturated heterocycles. The van der Waals surface area contributed by atoms with E-state index in [1.165, 1.54) is 43.2 Å². The number of hydrogen-bond acceptors (Lipinski definition) is 3. The molecular formula is C22H29NO2S. The Kier molecular flexibility index (Phi) is 12.8. The zero-order chi connectivity index (χ0) is 18.9. The molecule has 0 atom stereocenters. The number of nitrogens with one attached hydrogen (secondary N) is 1. The minimum absolute atomic E-state index is 0.109. The highest BCUT2D eigenvalue weighted by Crippen LogP contribution is 2.06. The number of amides is 1. The van der Waals surface area contributed by atoms with Gasteiger partial charge in [0.05, 0.1) is 0 Å². The molecule has 0 bridgehead atoms. The van der Waals surface area contributed by atoms with Crippen molar-refractivity contribution in [1.82, 2.24) is 5.32 Å². The molecule has 4 heteroatoms. The molecule has 0 aromatic heterocycles. The smallest absolute Gasteiger partial charge is 0.244 e. The summed E-state index contributed by atoms with van der Waals surface area (Å²) in [5.74, 6) is -0.146. The van der Waals surface area contributed by atoms with E-state index in [0.29, 0.717) is 6.54 Å². The molecule has 26 heavy (non-hydrogen) atoms. The Morgan fingerprint density at radius 2 is 1.69 bits per heavy atom. The van der Waals surface area contributed by atoms with Crippen LogP contribution in [0.4, 0.5) is 0 Å². The molecule has 0 saturated carbocycles. The summed E-state index contributed by atoms with van der Waals surface area (Å²) in [6, 6.07) is 9.88. The lowest BCUT2D eigenvalue weighted by atomic mass is 10.1. The molecule has 3 nitrogen and oxygen atoms in total. The van der Waals surface area contributed by atoms with Gasteiger partial charge in [-0.05, 0) is 23.5 Å². The van der Waals surface area contributed by atoms with Gasteiger partial charge in [-0.1, -0.05) is 99.3 Å². The summed E-state index contributed by atoms with van der Waals surface area (Å²) in [6.07, 6.45) is 15.6. The third kappa shape index (κ3) is 12.3. The van der Waals surface area contributed by atoms with Gasteiger partial charge in [-0.3, -0.25) is 9.59 Å². The quantitative estimate of drug-likeness (QED) is 0.299. The van der Waals surface area contributed by atoms with Crippen molar-refractivity contribution in [1.29, 1.82) is 0 Å². The Bertz CT molecular complexity index is 606. The predicted molar refractivity (Wildman–Crippen MR) is 113 cm³/mol. The molecule has 1 aromatic rings. The van der Waals surface area contributed by atoms with Gasteiger partial charge in [0.25, 0.3) is 0 Å². The normalized spacial score (nSPS) is 11.6. The van der Waals surface area contributed by atoms with Crippen molar-refractivity contribution in [2.45, 2.75) is 45.4 Å². The van der Waals surface area contributed by atoms with Crippen molar-refractivity contribution in [3.8, 4) is 0 Å². The molecule has 1 aromatic carbocycles. The summed E-state index contributed by atoms with van der Waals surface area (Å²) in [6.45, 7) is 2.89. The number of thioether (sulfide) groups is 1. The fourth-order valence-electron chi connectivity index (χ4n) is 2.24. The molecule has 0 radical (unpaired) electrons. The van der Waals surface area contributed by atoms with E-state index in [4.69, 9.17) is 0 Å². The molecule has 1 rings (SSSR count). The zero-order valence-electron chi connectivity index (χ0n) is 15.5. The first-order chi connectivity index (χ1) is 12.7. The highest BCUT2D eigenvalue weighted by molar-refractivity contribution is 8.16. The van der Waals surface area contributed by atoms with Gasteiger partial charge in [-0.2, -0.15) is 0 Å². The molecule has 1 amide bonds. The van der Waals surface area contributed by atoms with Gasteiger partial charge in [-0.15, -0.1) is 0 Å². The third-order valence-electron chi connectivity index (χ3n) is 3.66. The molecule has 140 valence electrons. The standard InChI is InChI=1S/C22H29NO2S/c1-2-3-4-5-6-12-18-23-21(24)17-19-26-22(25)16-11-10-15-20-13-8-7-9-14-20/h7-11,13-17,19H,2-6,12,18H2,1H3,(H,23,24). The first-order valence-corrected chi connectivity index (χ1v) is 10.1. The van der Waals surface area contributed by atoms with E-state index < -0.39 is 0 Å². The van der Waals surface area contributed by atoms with Crippen LogP contribution in [0.5, 0.6) is 0 Å². The summed E-state index contributed by atoms with van der Waals surface area (Å²) < 4.78 is 0. The van der Waals surface area contributed by atoms with Crippen molar-refractivity contribution >= 4 is 28.9 Å². The number of unbranched alkanes of at least 4 members (excludes halogenated alkanes) is 5. The fourth-order valence-corrected chi connectivity index (χ4v) is 2.73. The van der Waals surface area contributed by atoms with Crippen molar-refractivity contribution < 1.29 is 9.59 Å². The number of rotatable bonds is 12. The SMILES string of the molecule is CCCCCCCCNC(=O)C=CSC(=O)C=CC=Cc1ccccc1. The fraction of sp³-hybridized carbons (Fsp3) is 0.364. The Balaban J connectivity index is 2.12. The van der Waals surface area contributed by atoms with Gasteiger partial charge in [0, 0.05) is 12.6 Å². The summed E-state index contributed by atoms with van der Waals surface area (Å²) in [4.78, 5) is 23.3. The van der Waals surface area contributed by atoms with E-state index in [1.807, 2.05) is 42.5 Å². The molecule has 0 spiro atoms. The molecule has 0 heterocycles. The van der Waals surface area contributed by atoms with Gasteiger partial charge in [-0.25, -0.2) is 0 Å². The van der Waals surface area contributed by atoms with Crippen LogP contribution < -0.4 is 5.32 Å². The highest BCUT2D eigenvalue weighted by Gasteiger charge is 1.97. The summed E-state index contributed by atoms with van der Waals surface area (Å²) >= 11 is 1.00. The zero-order valence-corrected chi connectivity index (χ0v) is 16.3. The highest BCUT2D eigenvalue weighted by atomic mass is 32.2. The average Bonchev–Trinajstić information content (AvgIpc) is 2.65. The van der Waals surface area contributed by atoms with Crippen LogP contribution in [0.25, 0.3) is 6.08 Å². The Labute approximate surface area is 161 Å². The van der Waals surface area contributed by atoms with E-state index in [2.05, 4.69) is 12.2 Å². The average molecular weight is 372 g/mol. The minimum atomic E-state index is -0.146. The monoisotopic (exact) mass is 371 g/mol. The van der Waals surface area contributed by atoms with Crippen molar-refractivity contribution in [3.05, 3.63) is 65.6 Å². The predicted octanol–water partition coefficient (Wildman–Crippen LogP) is 5.51. The second kappa shape index (κ2) is 15.2. The van der Waals surface area contributed by atoms with Gasteiger partial charge in [0.2, 0.25) is 11.0 Å². The van der Waals surface area contributed by atoms with Crippen LogP contribution in [-0.4, -0.2) is 17.6 Å². The summed E-state index contributed by atoms with van der Waals surface area (Å²) in [5.41, 5.74) is 1.08. The van der Waals surface area contributed by atoms with E-state index in [-0.39, 0.29) is 11.0 Å². The van der Waals surface area contributed by atoms with Gasteiger partial charge in [0.15, 0.2) is 0 Å². The van der Waals surface area contributed by atoms with E-state index in [1.54, 1.807) is 6.08 Å². The molecule has 0 fully saturated rings. The largest absolute Gasteiger partial charge is 0.353 e. The van der Waals surface area contributed by atoms with Crippen LogP contribution in [0.1, 0.15) is 51.0 Å². The van der Waals surface area contributed by atoms with Gasteiger partial charge < -0.3 is 5.32 Å². The number of benzene rings is 1. The Hall–Kier alpha value is -2.07. The topological polar surface area (TPSA) is 46.2 Å². The van der Waals surface area contributed by atoms with E-state index >= 15 is 0 Å². The van der Waals surface area contributed by atoms with Crippen molar-refractivity contribution in [2.24, 2.45) is 0 Å². The van der Waals surface area contributed by atoms with Crippen LogP contribution in [0.3, 0.4) is 0 Å². The van der Waals surface area contributed by atoms with Gasteiger partial charge >= 0.3 is 0 Å². The molecule has 1 N–H and O–H groups in total. The summed E-state index contributed by atoms with van der Waals surface area (Å²) in [7, 11) is 0. The number of carbonyl (C=O) groups excluding carboxylic acids is 2. The van der Waals surface area contributed by atoms with Crippen molar-refractivity contribution in [2.75, 3.05) is 6.54 Å². The minimum Gasteiger partial charge on any atom is -0.353 e. The maximum atomic E-state index is 11.7. The van der Waals surface area contributed by atoms with Crippen LogP contribution in [0.15, 0.2) is 60.0 Å². The molecule has 0 aliphatic carbocycles. The Morgan fingerprint density at radius 1 is 0.962 bits per heavy atom. The lowest BCUT2D eigenvalue weighted by molar-refractivity contribution is -0.116. The number of hydrogen-bond donors (Lipinski definition) is 1. The van der Waals surface area contributed by atoms with Gasteiger partial charge in [0.1, 0.15) is 0 Å². The molecule has 0 unspecified atom stereocenters. The maximum Gasteiger partial charge on any atom is 0.244 e. The lowest BCUT2D eigenvalue weighted by Gasteiger charge is -2.02. The first-order valence-electron chi connectivity index (χ1n) is 9.27. The van der Waals surface area contributed by atoms with Crippen LogP contribution in [0.2, 0.25) is 0 Å². The van der Waals surface area contributed by atoms with Crippen LogP contribution in [-0.2, 0) is 9.59 Å². The second-order valence-corrected chi connectivity index (χ2v) is 6.84. The first kappa shape index (κ1) is 22.0. The number of carbonyl (C=O) groups is 2. The molecular weight excluding hydrogens is 342 g/mol. The molecule has 0 aliphatic heterocycles. The third-order valence-corrected chi connectivity index (χ3v) is 4.31. The maximum absolute atomic E-state index is 11.7. The molecule has 0 aliphatic rings. The van der Waals surface area contributed by atoms with E-state index in [0.717, 1.165) is 30.2 Å². The van der Waals surface area contributed by atoms with Crippen LogP contribution >= 0.6 is 11.8 Å². The lowest BCUT2D eigenvalue weighted by Crippen LogP contribution is -2.21. The van der Waals surface area contributed by atoms with Crippen molar-refractivity contribution in [3.63, 3.8) is 0 Å².